The van der Waals surface area contributed by atoms with Gasteiger partial charge in [0.05, 0.1) is 13.2 Å². The number of hydrogen-bond acceptors (Lipinski definition) is 2. The summed E-state index contributed by atoms with van der Waals surface area (Å²) in [7, 11) is 0. The Morgan fingerprint density at radius 1 is 1.31 bits per heavy atom. The Labute approximate surface area is 81.0 Å². The van der Waals surface area contributed by atoms with E-state index in [0.29, 0.717) is 6.04 Å². The number of nitrogens with one attached hydrogen (secondary N) is 1. The first kappa shape index (κ1) is 9.47. The highest BCUT2D eigenvalue weighted by atomic mass is 16.5. The molecule has 2 aliphatic rings. The predicted molar refractivity (Wildman–Crippen MR) is 53.7 cm³/mol. The summed E-state index contributed by atoms with van der Waals surface area (Å²) >= 11 is 0. The summed E-state index contributed by atoms with van der Waals surface area (Å²) in [6.07, 6.45) is 2.88. The lowest BCUT2D eigenvalue weighted by atomic mass is 9.98. The molecule has 1 N–H and O–H groups in total. The molecule has 0 bridgehead atoms. The van der Waals surface area contributed by atoms with Gasteiger partial charge in [-0.25, -0.2) is 0 Å². The zero-order valence-electron chi connectivity index (χ0n) is 8.75. The zero-order valence-corrected chi connectivity index (χ0v) is 8.75. The lowest BCUT2D eigenvalue weighted by Crippen LogP contribution is -2.38. The van der Waals surface area contributed by atoms with Crippen LogP contribution in [0.3, 0.4) is 0 Å². The molecule has 2 heteroatoms. The van der Waals surface area contributed by atoms with Crippen molar-refractivity contribution in [1.29, 1.82) is 0 Å². The number of rotatable bonds is 4. The van der Waals surface area contributed by atoms with E-state index < -0.39 is 0 Å². The van der Waals surface area contributed by atoms with Crippen LogP contribution < -0.4 is 5.32 Å². The maximum atomic E-state index is 5.54. The number of hydrogen-bond donors (Lipinski definition) is 1. The Hall–Kier alpha value is -0.0800. The van der Waals surface area contributed by atoms with E-state index in [1.165, 1.54) is 12.8 Å². The molecule has 0 aromatic heterocycles. The van der Waals surface area contributed by atoms with Crippen LogP contribution in [-0.4, -0.2) is 25.8 Å². The fourth-order valence-electron chi connectivity index (χ4n) is 2.16. The third-order valence-corrected chi connectivity index (χ3v) is 3.14. The van der Waals surface area contributed by atoms with Gasteiger partial charge in [0.15, 0.2) is 0 Å². The Morgan fingerprint density at radius 2 is 2.08 bits per heavy atom. The van der Waals surface area contributed by atoms with E-state index in [1.54, 1.807) is 0 Å². The summed E-state index contributed by atoms with van der Waals surface area (Å²) in [5.74, 6) is 2.55. The van der Waals surface area contributed by atoms with Crippen LogP contribution in [0.2, 0.25) is 0 Å². The first-order valence-electron chi connectivity index (χ1n) is 5.58. The van der Waals surface area contributed by atoms with E-state index in [4.69, 9.17) is 4.74 Å². The minimum absolute atomic E-state index is 0.648. The van der Waals surface area contributed by atoms with Gasteiger partial charge in [-0.1, -0.05) is 13.8 Å². The van der Waals surface area contributed by atoms with Gasteiger partial charge in [-0.3, -0.25) is 0 Å². The molecule has 0 aromatic rings. The molecule has 2 fully saturated rings. The van der Waals surface area contributed by atoms with Crippen molar-refractivity contribution in [2.75, 3.05) is 19.8 Å². The molecule has 0 aromatic carbocycles. The number of ether oxygens (including phenoxy) is 1. The smallest absolute Gasteiger partial charge is 0.0623 e. The van der Waals surface area contributed by atoms with Crippen LogP contribution in [0.15, 0.2) is 0 Å². The highest BCUT2D eigenvalue weighted by molar-refractivity contribution is 4.92. The maximum Gasteiger partial charge on any atom is 0.0623 e. The Morgan fingerprint density at radius 3 is 2.69 bits per heavy atom. The van der Waals surface area contributed by atoms with Crippen LogP contribution in [0, 0.1) is 17.8 Å². The van der Waals surface area contributed by atoms with Crippen LogP contribution in [0.5, 0.6) is 0 Å². The summed E-state index contributed by atoms with van der Waals surface area (Å²) in [5, 5.41) is 3.63. The van der Waals surface area contributed by atoms with Crippen molar-refractivity contribution in [3.05, 3.63) is 0 Å². The molecule has 0 spiro atoms. The lowest BCUT2D eigenvalue weighted by Gasteiger charge is -2.19. The Bertz CT molecular complexity index is 165. The normalized spacial score (nSPS) is 34.4. The van der Waals surface area contributed by atoms with E-state index in [-0.39, 0.29) is 0 Å². The van der Waals surface area contributed by atoms with E-state index in [2.05, 4.69) is 19.2 Å². The quantitative estimate of drug-likeness (QED) is 0.715. The van der Waals surface area contributed by atoms with E-state index >= 15 is 0 Å². The average molecular weight is 183 g/mol. The largest absolute Gasteiger partial charge is 0.379 e. The second kappa shape index (κ2) is 3.97. The molecule has 1 aliphatic carbocycles. The van der Waals surface area contributed by atoms with Gasteiger partial charge in [0.1, 0.15) is 0 Å². The Balaban J connectivity index is 1.76. The van der Waals surface area contributed by atoms with Crippen molar-refractivity contribution in [3.63, 3.8) is 0 Å². The lowest BCUT2D eigenvalue weighted by molar-refractivity contribution is 0.179. The van der Waals surface area contributed by atoms with Gasteiger partial charge in [-0.15, -0.1) is 0 Å². The molecule has 2 nitrogen and oxygen atoms in total. The van der Waals surface area contributed by atoms with Crippen LogP contribution in [0.25, 0.3) is 0 Å². The van der Waals surface area contributed by atoms with Crippen molar-refractivity contribution in [2.45, 2.75) is 32.7 Å². The molecule has 2 rings (SSSR count). The molecule has 76 valence electrons. The highest BCUT2D eigenvalue weighted by Crippen LogP contribution is 2.40. The predicted octanol–water partition coefficient (Wildman–Crippen LogP) is 1.66. The topological polar surface area (TPSA) is 21.3 Å². The second-order valence-corrected chi connectivity index (χ2v) is 4.95. The monoisotopic (exact) mass is 183 g/mol. The summed E-state index contributed by atoms with van der Waals surface area (Å²) in [5.41, 5.74) is 0. The van der Waals surface area contributed by atoms with Gasteiger partial charge in [-0.2, -0.15) is 0 Å². The molecule has 1 heterocycles. The first-order valence-corrected chi connectivity index (χ1v) is 5.58. The second-order valence-electron chi connectivity index (χ2n) is 4.95. The van der Waals surface area contributed by atoms with Crippen LogP contribution >= 0.6 is 0 Å². The summed E-state index contributed by atoms with van der Waals surface area (Å²) in [4.78, 5) is 0. The summed E-state index contributed by atoms with van der Waals surface area (Å²) in [6, 6.07) is 0.648. The summed E-state index contributed by atoms with van der Waals surface area (Å²) < 4.78 is 5.54. The van der Waals surface area contributed by atoms with Crippen molar-refractivity contribution in [2.24, 2.45) is 17.8 Å². The minimum Gasteiger partial charge on any atom is -0.379 e. The van der Waals surface area contributed by atoms with Crippen LogP contribution in [0.4, 0.5) is 0 Å². The molecule has 13 heavy (non-hydrogen) atoms. The maximum absolute atomic E-state index is 5.54. The molecule has 0 amide bonds. The summed E-state index contributed by atoms with van der Waals surface area (Å²) in [6.45, 7) is 7.59. The highest BCUT2D eigenvalue weighted by Gasteiger charge is 2.39. The fourth-order valence-corrected chi connectivity index (χ4v) is 2.16. The molecule has 1 saturated heterocycles. The molecular weight excluding hydrogens is 162 g/mol. The molecule has 2 unspecified atom stereocenters. The molecule has 1 aliphatic heterocycles. The van der Waals surface area contributed by atoms with Gasteiger partial charge in [-0.05, 0) is 31.2 Å². The van der Waals surface area contributed by atoms with E-state index in [9.17, 15) is 0 Å². The molecule has 1 saturated carbocycles. The third kappa shape index (κ3) is 2.44. The van der Waals surface area contributed by atoms with Crippen LogP contribution in [-0.2, 0) is 4.74 Å². The standard InChI is InChI=1S/C11H21NO/c1-8(2)5-12-11-7-13-6-10(11)9-3-4-9/h8-12H,3-7H2,1-2H3. The molecular formula is C11H21NO. The van der Waals surface area contributed by atoms with Crippen molar-refractivity contribution < 1.29 is 4.74 Å². The van der Waals surface area contributed by atoms with Gasteiger partial charge in [0.25, 0.3) is 0 Å². The fraction of sp³-hybridized carbons (Fsp3) is 1.00. The van der Waals surface area contributed by atoms with Gasteiger partial charge < -0.3 is 10.1 Å². The zero-order chi connectivity index (χ0) is 9.26. The van der Waals surface area contributed by atoms with Crippen molar-refractivity contribution in [3.8, 4) is 0 Å². The SMILES string of the molecule is CC(C)CNC1COCC1C1CC1. The molecule has 2 atom stereocenters. The Kier molecular flexibility index (Phi) is 2.89. The first-order chi connectivity index (χ1) is 6.27. The van der Waals surface area contributed by atoms with Gasteiger partial charge in [0.2, 0.25) is 0 Å². The van der Waals surface area contributed by atoms with Crippen LogP contribution in [0.1, 0.15) is 26.7 Å². The van der Waals surface area contributed by atoms with Gasteiger partial charge in [0, 0.05) is 12.0 Å². The van der Waals surface area contributed by atoms with E-state index in [1.807, 2.05) is 0 Å². The van der Waals surface area contributed by atoms with Crippen molar-refractivity contribution >= 4 is 0 Å². The average Bonchev–Trinajstić information content (AvgIpc) is 2.82. The third-order valence-electron chi connectivity index (χ3n) is 3.14. The van der Waals surface area contributed by atoms with Gasteiger partial charge >= 0.3 is 0 Å². The van der Waals surface area contributed by atoms with Crippen molar-refractivity contribution in [1.82, 2.24) is 5.32 Å². The minimum atomic E-state index is 0.648. The molecule has 0 radical (unpaired) electrons. The van der Waals surface area contributed by atoms with E-state index in [0.717, 1.165) is 37.5 Å².